The third kappa shape index (κ3) is 2.94. The van der Waals surface area contributed by atoms with E-state index in [-0.39, 0.29) is 28.0 Å². The predicted octanol–water partition coefficient (Wildman–Crippen LogP) is 0.338. The molecule has 2 aromatic heterocycles. The van der Waals surface area contributed by atoms with Crippen molar-refractivity contribution in [2.75, 3.05) is 17.6 Å². The molecule has 9 heteroatoms. The van der Waals surface area contributed by atoms with Crippen LogP contribution in [0.25, 0.3) is 11.2 Å². The summed E-state index contributed by atoms with van der Waals surface area (Å²) < 4.78 is 23.4. The first-order valence-corrected chi connectivity index (χ1v) is 8.83. The van der Waals surface area contributed by atoms with E-state index in [1.54, 1.807) is 6.92 Å². The van der Waals surface area contributed by atoms with Gasteiger partial charge >= 0.3 is 0 Å². The zero-order valence-electron chi connectivity index (χ0n) is 12.1. The van der Waals surface area contributed by atoms with E-state index in [1.165, 1.54) is 12.5 Å². The highest BCUT2D eigenvalue weighted by atomic mass is 32.2. The first kappa shape index (κ1) is 14.9. The van der Waals surface area contributed by atoms with Crippen LogP contribution in [0.5, 0.6) is 0 Å². The summed E-state index contributed by atoms with van der Waals surface area (Å²) in [6.07, 6.45) is 4.09. The lowest BCUT2D eigenvalue weighted by Crippen LogP contribution is -2.33. The van der Waals surface area contributed by atoms with Crippen LogP contribution in [-0.4, -0.2) is 45.9 Å². The SMILES string of the molecule is CC1CC(CNc2cnc3nc[nH]c(=O)c3n2)CCS1(=O)=O. The van der Waals surface area contributed by atoms with Crippen LogP contribution >= 0.6 is 0 Å². The van der Waals surface area contributed by atoms with Crippen LogP contribution in [0, 0.1) is 5.92 Å². The van der Waals surface area contributed by atoms with E-state index in [2.05, 4.69) is 25.3 Å². The number of aromatic amines is 1. The van der Waals surface area contributed by atoms with Gasteiger partial charge in [-0.25, -0.2) is 23.4 Å². The molecule has 2 N–H and O–H groups in total. The Morgan fingerprint density at radius 1 is 1.41 bits per heavy atom. The molecule has 1 saturated heterocycles. The molecule has 2 aromatic rings. The maximum atomic E-state index is 11.7. The van der Waals surface area contributed by atoms with E-state index >= 15 is 0 Å². The zero-order valence-corrected chi connectivity index (χ0v) is 12.9. The molecule has 0 aromatic carbocycles. The summed E-state index contributed by atoms with van der Waals surface area (Å²) in [6, 6.07) is 0. The molecule has 2 atom stereocenters. The number of nitrogens with one attached hydrogen (secondary N) is 2. The molecule has 1 aliphatic rings. The van der Waals surface area contributed by atoms with Gasteiger partial charge in [0, 0.05) is 6.54 Å². The highest BCUT2D eigenvalue weighted by Crippen LogP contribution is 2.25. The summed E-state index contributed by atoms with van der Waals surface area (Å²) in [7, 11) is -2.92. The molecule has 3 heterocycles. The average Bonchev–Trinajstić information content (AvgIpc) is 2.49. The Labute approximate surface area is 127 Å². The maximum Gasteiger partial charge on any atom is 0.278 e. The van der Waals surface area contributed by atoms with Crippen LogP contribution in [0.15, 0.2) is 17.3 Å². The Balaban J connectivity index is 1.70. The van der Waals surface area contributed by atoms with Crippen molar-refractivity contribution in [2.45, 2.75) is 25.0 Å². The second kappa shape index (κ2) is 5.64. The number of H-pyrrole nitrogens is 1. The van der Waals surface area contributed by atoms with Crippen molar-refractivity contribution in [1.82, 2.24) is 19.9 Å². The monoisotopic (exact) mass is 323 g/mol. The summed E-state index contributed by atoms with van der Waals surface area (Å²) in [5.41, 5.74) is 0.150. The summed E-state index contributed by atoms with van der Waals surface area (Å²) in [5.74, 6) is 0.989. The molecule has 0 amide bonds. The number of aromatic nitrogens is 4. The van der Waals surface area contributed by atoms with Gasteiger partial charge in [0.25, 0.3) is 5.56 Å². The van der Waals surface area contributed by atoms with Crippen molar-refractivity contribution >= 4 is 26.8 Å². The van der Waals surface area contributed by atoms with Crippen LogP contribution in [0.1, 0.15) is 19.8 Å². The summed E-state index contributed by atoms with van der Waals surface area (Å²) in [6.45, 7) is 2.36. The third-order valence-electron chi connectivity index (χ3n) is 4.01. The fourth-order valence-electron chi connectivity index (χ4n) is 2.64. The van der Waals surface area contributed by atoms with Crippen LogP contribution < -0.4 is 10.9 Å². The Hall–Kier alpha value is -2.03. The molecule has 3 rings (SSSR count). The van der Waals surface area contributed by atoms with Gasteiger partial charge in [-0.2, -0.15) is 0 Å². The fraction of sp³-hybridized carbons (Fsp3) is 0.538. The molecular weight excluding hydrogens is 306 g/mol. The van der Waals surface area contributed by atoms with E-state index < -0.39 is 9.84 Å². The van der Waals surface area contributed by atoms with Crippen LogP contribution in [-0.2, 0) is 9.84 Å². The minimum atomic E-state index is -2.92. The predicted molar refractivity (Wildman–Crippen MR) is 82.4 cm³/mol. The second-order valence-electron chi connectivity index (χ2n) is 5.61. The highest BCUT2D eigenvalue weighted by molar-refractivity contribution is 7.92. The number of anilines is 1. The van der Waals surface area contributed by atoms with Crippen molar-refractivity contribution in [2.24, 2.45) is 5.92 Å². The van der Waals surface area contributed by atoms with Gasteiger partial charge < -0.3 is 10.3 Å². The molecule has 8 nitrogen and oxygen atoms in total. The van der Waals surface area contributed by atoms with E-state index in [4.69, 9.17) is 0 Å². The quantitative estimate of drug-likeness (QED) is 0.836. The smallest absolute Gasteiger partial charge is 0.278 e. The van der Waals surface area contributed by atoms with Crippen molar-refractivity contribution in [3.05, 3.63) is 22.9 Å². The summed E-state index contributed by atoms with van der Waals surface area (Å²) in [5, 5.41) is 2.83. The first-order chi connectivity index (χ1) is 10.5. The molecule has 1 fully saturated rings. The fourth-order valence-corrected chi connectivity index (χ4v) is 4.27. The van der Waals surface area contributed by atoms with Crippen LogP contribution in [0.2, 0.25) is 0 Å². The zero-order chi connectivity index (χ0) is 15.7. The van der Waals surface area contributed by atoms with E-state index in [0.29, 0.717) is 30.9 Å². The Morgan fingerprint density at radius 2 is 2.23 bits per heavy atom. The lowest BCUT2D eigenvalue weighted by molar-refractivity contribution is 0.450. The maximum absolute atomic E-state index is 11.7. The molecule has 118 valence electrons. The lowest BCUT2D eigenvalue weighted by Gasteiger charge is -2.27. The normalized spacial score (nSPS) is 24.2. The molecule has 1 aliphatic heterocycles. The summed E-state index contributed by atoms with van der Waals surface area (Å²) in [4.78, 5) is 26.4. The minimum Gasteiger partial charge on any atom is -0.368 e. The van der Waals surface area contributed by atoms with Gasteiger partial charge in [-0.05, 0) is 25.7 Å². The minimum absolute atomic E-state index is 0.187. The van der Waals surface area contributed by atoms with Gasteiger partial charge in [0.1, 0.15) is 5.82 Å². The molecule has 22 heavy (non-hydrogen) atoms. The topological polar surface area (TPSA) is 118 Å². The van der Waals surface area contributed by atoms with E-state index in [0.717, 1.165) is 0 Å². The van der Waals surface area contributed by atoms with Gasteiger partial charge in [0.2, 0.25) is 0 Å². The van der Waals surface area contributed by atoms with Crippen molar-refractivity contribution in [3.63, 3.8) is 0 Å². The van der Waals surface area contributed by atoms with Crippen LogP contribution in [0.4, 0.5) is 5.82 Å². The Morgan fingerprint density at radius 3 is 3.00 bits per heavy atom. The molecule has 2 unspecified atom stereocenters. The standard InChI is InChI=1S/C13H17N5O3S/c1-8-4-9(2-3-22(8,20)21)5-14-10-6-15-12-11(18-10)13(19)17-7-16-12/h6-9H,2-5H2,1H3,(H,14,18)(H,15,16,17,19). The van der Waals surface area contributed by atoms with Crippen molar-refractivity contribution < 1.29 is 8.42 Å². The van der Waals surface area contributed by atoms with Gasteiger partial charge in [-0.15, -0.1) is 0 Å². The lowest BCUT2D eigenvalue weighted by atomic mass is 10.00. The average molecular weight is 323 g/mol. The Kier molecular flexibility index (Phi) is 3.81. The number of hydrogen-bond acceptors (Lipinski definition) is 7. The van der Waals surface area contributed by atoms with E-state index in [1.807, 2.05) is 0 Å². The van der Waals surface area contributed by atoms with Gasteiger partial charge in [0.05, 0.1) is 23.5 Å². The number of nitrogens with zero attached hydrogens (tertiary/aromatic N) is 3. The first-order valence-electron chi connectivity index (χ1n) is 7.11. The molecular formula is C13H17N5O3S. The number of hydrogen-bond donors (Lipinski definition) is 2. The van der Waals surface area contributed by atoms with Gasteiger partial charge in [-0.3, -0.25) is 4.79 Å². The van der Waals surface area contributed by atoms with Gasteiger partial charge in [-0.1, -0.05) is 0 Å². The largest absolute Gasteiger partial charge is 0.368 e. The third-order valence-corrected chi connectivity index (χ3v) is 6.23. The molecule has 0 bridgehead atoms. The number of rotatable bonds is 3. The molecule has 0 aliphatic carbocycles. The van der Waals surface area contributed by atoms with Crippen molar-refractivity contribution in [3.8, 4) is 0 Å². The number of fused-ring (bicyclic) bond motifs is 1. The molecule has 0 radical (unpaired) electrons. The summed E-state index contributed by atoms with van der Waals surface area (Å²) >= 11 is 0. The van der Waals surface area contributed by atoms with E-state index in [9.17, 15) is 13.2 Å². The number of sulfone groups is 1. The van der Waals surface area contributed by atoms with Gasteiger partial charge in [0.15, 0.2) is 21.0 Å². The molecule has 0 spiro atoms. The molecule has 0 saturated carbocycles. The highest BCUT2D eigenvalue weighted by Gasteiger charge is 2.30. The van der Waals surface area contributed by atoms with Crippen molar-refractivity contribution in [1.29, 1.82) is 0 Å². The Bertz CT molecular complexity index is 848. The second-order valence-corrected chi connectivity index (χ2v) is 8.15. The van der Waals surface area contributed by atoms with Crippen LogP contribution in [0.3, 0.4) is 0 Å².